The maximum atomic E-state index is 12.5. The first-order chi connectivity index (χ1) is 11.3. The second-order valence-corrected chi connectivity index (χ2v) is 6.09. The van der Waals surface area contributed by atoms with Crippen molar-refractivity contribution in [3.63, 3.8) is 0 Å². The lowest BCUT2D eigenvalue weighted by Gasteiger charge is -2.26. The number of hydrogen-bond donors (Lipinski definition) is 0. The van der Waals surface area contributed by atoms with Crippen LogP contribution in [0.3, 0.4) is 0 Å². The van der Waals surface area contributed by atoms with E-state index in [0.717, 1.165) is 17.9 Å². The highest BCUT2D eigenvalue weighted by Gasteiger charge is 2.12. The summed E-state index contributed by atoms with van der Waals surface area (Å²) in [6.07, 6.45) is 3.95. The SMILES string of the molecule is COc1ccc(C(=O)c2ccc(CN3CCCCC3)cc2)cc1. The maximum Gasteiger partial charge on any atom is 0.193 e. The molecule has 0 bridgehead atoms. The molecule has 2 aromatic carbocycles. The summed E-state index contributed by atoms with van der Waals surface area (Å²) in [4.78, 5) is 15.0. The summed E-state index contributed by atoms with van der Waals surface area (Å²) in [5.41, 5.74) is 2.70. The highest BCUT2D eigenvalue weighted by atomic mass is 16.5. The van der Waals surface area contributed by atoms with E-state index in [4.69, 9.17) is 4.74 Å². The molecule has 1 fully saturated rings. The third-order valence-electron chi connectivity index (χ3n) is 4.42. The molecule has 2 aromatic rings. The first-order valence-corrected chi connectivity index (χ1v) is 8.26. The number of carbonyl (C=O) groups is 1. The molecular formula is C20H23NO2. The number of rotatable bonds is 5. The van der Waals surface area contributed by atoms with Crippen LogP contribution in [0.15, 0.2) is 48.5 Å². The molecule has 120 valence electrons. The van der Waals surface area contributed by atoms with Gasteiger partial charge in [-0.1, -0.05) is 30.7 Å². The maximum absolute atomic E-state index is 12.5. The van der Waals surface area contributed by atoms with Crippen LogP contribution in [-0.4, -0.2) is 30.9 Å². The van der Waals surface area contributed by atoms with Crippen molar-refractivity contribution in [2.24, 2.45) is 0 Å². The fourth-order valence-electron chi connectivity index (χ4n) is 3.05. The van der Waals surface area contributed by atoms with E-state index in [1.165, 1.54) is 37.9 Å². The van der Waals surface area contributed by atoms with Gasteiger partial charge in [0.05, 0.1) is 7.11 Å². The van der Waals surface area contributed by atoms with E-state index in [1.807, 2.05) is 36.4 Å². The molecule has 0 radical (unpaired) electrons. The Labute approximate surface area is 137 Å². The number of carbonyl (C=O) groups excluding carboxylic acids is 1. The van der Waals surface area contributed by atoms with Crippen molar-refractivity contribution in [2.75, 3.05) is 20.2 Å². The number of piperidine rings is 1. The normalized spacial score (nSPS) is 15.3. The van der Waals surface area contributed by atoms with Gasteiger partial charge in [0.25, 0.3) is 0 Å². The molecule has 1 saturated heterocycles. The minimum Gasteiger partial charge on any atom is -0.497 e. The van der Waals surface area contributed by atoms with Gasteiger partial charge in [0.15, 0.2) is 5.78 Å². The number of ether oxygens (including phenoxy) is 1. The minimum absolute atomic E-state index is 0.0529. The molecule has 0 spiro atoms. The van der Waals surface area contributed by atoms with Crippen LogP contribution in [0.2, 0.25) is 0 Å². The van der Waals surface area contributed by atoms with E-state index in [2.05, 4.69) is 17.0 Å². The third kappa shape index (κ3) is 3.99. The van der Waals surface area contributed by atoms with Gasteiger partial charge in [0.1, 0.15) is 5.75 Å². The van der Waals surface area contributed by atoms with Crippen LogP contribution in [0.25, 0.3) is 0 Å². The summed E-state index contributed by atoms with van der Waals surface area (Å²) < 4.78 is 5.13. The summed E-state index contributed by atoms with van der Waals surface area (Å²) in [6.45, 7) is 3.36. The number of methoxy groups -OCH3 is 1. The molecule has 3 heteroatoms. The molecule has 0 aromatic heterocycles. The number of nitrogens with zero attached hydrogens (tertiary/aromatic N) is 1. The summed E-state index contributed by atoms with van der Waals surface area (Å²) in [6, 6.07) is 15.3. The van der Waals surface area contributed by atoms with Crippen molar-refractivity contribution in [3.8, 4) is 5.75 Å². The third-order valence-corrected chi connectivity index (χ3v) is 4.42. The van der Waals surface area contributed by atoms with Gasteiger partial charge in [-0.15, -0.1) is 0 Å². The van der Waals surface area contributed by atoms with Crippen LogP contribution in [-0.2, 0) is 6.54 Å². The predicted molar refractivity (Wildman–Crippen MR) is 92.0 cm³/mol. The average Bonchev–Trinajstić information content (AvgIpc) is 2.63. The summed E-state index contributed by atoms with van der Waals surface area (Å²) >= 11 is 0. The Morgan fingerprint density at radius 1 is 0.913 bits per heavy atom. The van der Waals surface area contributed by atoms with Gasteiger partial charge in [-0.25, -0.2) is 0 Å². The molecule has 1 heterocycles. The van der Waals surface area contributed by atoms with Gasteiger partial charge < -0.3 is 4.74 Å². The lowest BCUT2D eigenvalue weighted by Crippen LogP contribution is -2.29. The Bertz CT molecular complexity index is 640. The highest BCUT2D eigenvalue weighted by Crippen LogP contribution is 2.17. The van der Waals surface area contributed by atoms with Gasteiger partial charge in [-0.05, 0) is 55.8 Å². The van der Waals surface area contributed by atoms with Gasteiger partial charge in [0.2, 0.25) is 0 Å². The van der Waals surface area contributed by atoms with Crippen molar-refractivity contribution in [2.45, 2.75) is 25.8 Å². The largest absolute Gasteiger partial charge is 0.497 e. The van der Waals surface area contributed by atoms with Crippen LogP contribution < -0.4 is 4.74 Å². The first-order valence-electron chi connectivity index (χ1n) is 8.26. The Morgan fingerprint density at radius 2 is 1.48 bits per heavy atom. The molecule has 3 nitrogen and oxygen atoms in total. The van der Waals surface area contributed by atoms with E-state index in [9.17, 15) is 4.79 Å². The molecule has 1 aliphatic rings. The van der Waals surface area contributed by atoms with Crippen LogP contribution >= 0.6 is 0 Å². The van der Waals surface area contributed by atoms with Crippen molar-refractivity contribution in [1.29, 1.82) is 0 Å². The average molecular weight is 309 g/mol. The fourth-order valence-corrected chi connectivity index (χ4v) is 3.05. The quantitative estimate of drug-likeness (QED) is 0.784. The standard InChI is InChI=1S/C20H23NO2/c1-23-19-11-9-18(10-12-19)20(22)17-7-5-16(6-8-17)15-21-13-3-2-4-14-21/h5-12H,2-4,13-15H2,1H3. The molecule has 23 heavy (non-hydrogen) atoms. The van der Waals surface area contributed by atoms with Gasteiger partial charge in [-0.3, -0.25) is 9.69 Å². The second-order valence-electron chi connectivity index (χ2n) is 6.09. The fraction of sp³-hybridized carbons (Fsp3) is 0.350. The lowest BCUT2D eigenvalue weighted by atomic mass is 10.0. The van der Waals surface area contributed by atoms with Crippen molar-refractivity contribution >= 4 is 5.78 Å². The van der Waals surface area contributed by atoms with Crippen molar-refractivity contribution in [3.05, 3.63) is 65.2 Å². The van der Waals surface area contributed by atoms with Crippen LogP contribution in [0.1, 0.15) is 40.7 Å². The van der Waals surface area contributed by atoms with Gasteiger partial charge >= 0.3 is 0 Å². The van der Waals surface area contributed by atoms with Crippen LogP contribution in [0, 0.1) is 0 Å². The van der Waals surface area contributed by atoms with E-state index in [-0.39, 0.29) is 5.78 Å². The summed E-state index contributed by atoms with van der Waals surface area (Å²) in [5.74, 6) is 0.815. The second kappa shape index (κ2) is 7.42. The highest BCUT2D eigenvalue weighted by molar-refractivity contribution is 6.09. The summed E-state index contributed by atoms with van der Waals surface area (Å²) in [7, 11) is 1.62. The first kappa shape index (κ1) is 15.8. The van der Waals surface area contributed by atoms with Crippen molar-refractivity contribution in [1.82, 2.24) is 4.90 Å². The molecule has 1 aliphatic heterocycles. The zero-order valence-electron chi connectivity index (χ0n) is 13.6. The van der Waals surface area contributed by atoms with Crippen LogP contribution in [0.5, 0.6) is 5.75 Å². The van der Waals surface area contributed by atoms with Gasteiger partial charge in [0, 0.05) is 17.7 Å². The Hall–Kier alpha value is -2.13. The Balaban J connectivity index is 1.66. The number of hydrogen-bond acceptors (Lipinski definition) is 3. The van der Waals surface area contributed by atoms with Gasteiger partial charge in [-0.2, -0.15) is 0 Å². The smallest absolute Gasteiger partial charge is 0.193 e. The predicted octanol–water partition coefficient (Wildman–Crippen LogP) is 3.91. The molecule has 0 unspecified atom stereocenters. The lowest BCUT2D eigenvalue weighted by molar-refractivity contribution is 0.103. The molecule has 3 rings (SSSR count). The van der Waals surface area contributed by atoms with Crippen LogP contribution in [0.4, 0.5) is 0 Å². The molecule has 0 saturated carbocycles. The molecule has 0 aliphatic carbocycles. The minimum atomic E-state index is 0.0529. The summed E-state index contributed by atoms with van der Waals surface area (Å²) in [5, 5.41) is 0. The van der Waals surface area contributed by atoms with E-state index >= 15 is 0 Å². The zero-order chi connectivity index (χ0) is 16.1. The molecule has 0 amide bonds. The van der Waals surface area contributed by atoms with Crippen molar-refractivity contribution < 1.29 is 9.53 Å². The number of benzene rings is 2. The number of ketones is 1. The molecular weight excluding hydrogens is 286 g/mol. The van der Waals surface area contributed by atoms with E-state index < -0.39 is 0 Å². The monoisotopic (exact) mass is 309 g/mol. The topological polar surface area (TPSA) is 29.5 Å². The molecule has 0 atom stereocenters. The molecule has 0 N–H and O–H groups in total. The number of likely N-dealkylation sites (tertiary alicyclic amines) is 1. The zero-order valence-corrected chi connectivity index (χ0v) is 13.6. The van der Waals surface area contributed by atoms with E-state index in [1.54, 1.807) is 7.11 Å². The Morgan fingerprint density at radius 3 is 2.04 bits per heavy atom. The van der Waals surface area contributed by atoms with E-state index in [0.29, 0.717) is 5.56 Å². The Kier molecular flexibility index (Phi) is 5.09.